The van der Waals surface area contributed by atoms with E-state index in [2.05, 4.69) is 5.32 Å². The average molecular weight is 489 g/mol. The Morgan fingerprint density at radius 2 is 1.60 bits per heavy atom. The fraction of sp³-hybridized carbons (Fsp3) is 0.333. The van der Waals surface area contributed by atoms with Crippen LogP contribution in [-0.2, 0) is 29.0 Å². The molecule has 1 saturated carbocycles. The van der Waals surface area contributed by atoms with Crippen molar-refractivity contribution >= 4 is 23.4 Å². The molecule has 4 rings (SSSR count). The first kappa shape index (κ1) is 25.0. The Bertz CT molecular complexity index is 1140. The number of aryl methyl sites for hydroxylation is 1. The molecule has 0 saturated heterocycles. The third-order valence-electron chi connectivity index (χ3n) is 6.65. The number of nitrogens with zero attached hydrogens (tertiary/aromatic N) is 1. The number of amides is 2. The molecule has 0 heterocycles. The van der Waals surface area contributed by atoms with Gasteiger partial charge in [0.1, 0.15) is 6.04 Å². The Balaban J connectivity index is 1.66. The maximum absolute atomic E-state index is 13.8. The summed E-state index contributed by atoms with van der Waals surface area (Å²) in [5, 5.41) is 3.86. The first-order valence-electron chi connectivity index (χ1n) is 12.4. The molecule has 0 spiro atoms. The SMILES string of the molecule is Cc1cccc(CC(=O)N(Cc2cccc(Cl)c2)C(Cc2ccccc2)C(=O)NC2CCCC2)c1. The first-order chi connectivity index (χ1) is 17.0. The second-order valence-corrected chi connectivity index (χ2v) is 9.95. The van der Waals surface area contributed by atoms with Crippen LogP contribution in [0, 0.1) is 6.92 Å². The average Bonchev–Trinajstić information content (AvgIpc) is 3.35. The molecule has 0 bridgehead atoms. The van der Waals surface area contributed by atoms with Crippen LogP contribution in [0.5, 0.6) is 0 Å². The summed E-state index contributed by atoms with van der Waals surface area (Å²) in [6.45, 7) is 2.34. The van der Waals surface area contributed by atoms with Gasteiger partial charge in [-0.2, -0.15) is 0 Å². The number of hydrogen-bond acceptors (Lipinski definition) is 2. The number of hydrogen-bond donors (Lipinski definition) is 1. The second-order valence-electron chi connectivity index (χ2n) is 9.51. The van der Waals surface area contributed by atoms with E-state index in [-0.39, 0.29) is 24.3 Å². The van der Waals surface area contributed by atoms with Gasteiger partial charge in [-0.3, -0.25) is 9.59 Å². The molecule has 1 fully saturated rings. The summed E-state index contributed by atoms with van der Waals surface area (Å²) in [6, 6.07) is 25.0. The maximum atomic E-state index is 13.8. The molecule has 1 aliphatic carbocycles. The molecular weight excluding hydrogens is 456 g/mol. The Hall–Kier alpha value is -3.11. The van der Waals surface area contributed by atoms with E-state index in [0.717, 1.165) is 47.9 Å². The number of nitrogens with one attached hydrogen (secondary N) is 1. The van der Waals surface area contributed by atoms with E-state index in [9.17, 15) is 9.59 Å². The zero-order chi connectivity index (χ0) is 24.6. The molecule has 5 heteroatoms. The van der Waals surface area contributed by atoms with Gasteiger partial charge in [-0.25, -0.2) is 0 Å². The van der Waals surface area contributed by atoms with Crippen LogP contribution in [0.3, 0.4) is 0 Å². The van der Waals surface area contributed by atoms with Crippen LogP contribution < -0.4 is 5.32 Å². The number of carbonyl (C=O) groups excluding carboxylic acids is 2. The van der Waals surface area contributed by atoms with Crippen LogP contribution in [0.15, 0.2) is 78.9 Å². The van der Waals surface area contributed by atoms with Crippen molar-refractivity contribution in [1.29, 1.82) is 0 Å². The van der Waals surface area contributed by atoms with Crippen LogP contribution in [-0.4, -0.2) is 28.8 Å². The summed E-state index contributed by atoms with van der Waals surface area (Å²) in [5.74, 6) is -0.154. The van der Waals surface area contributed by atoms with Crippen molar-refractivity contribution in [1.82, 2.24) is 10.2 Å². The van der Waals surface area contributed by atoms with Gasteiger partial charge in [0.15, 0.2) is 0 Å². The quantitative estimate of drug-likeness (QED) is 0.408. The van der Waals surface area contributed by atoms with Crippen LogP contribution in [0.25, 0.3) is 0 Å². The second kappa shape index (κ2) is 12.0. The Labute approximate surface area is 213 Å². The summed E-state index contributed by atoms with van der Waals surface area (Å²) < 4.78 is 0. The van der Waals surface area contributed by atoms with Crippen LogP contribution >= 0.6 is 11.6 Å². The van der Waals surface area contributed by atoms with Crippen molar-refractivity contribution in [2.75, 3.05) is 0 Å². The molecular formula is C30H33ClN2O2. The third kappa shape index (κ3) is 7.19. The number of rotatable bonds is 9. The molecule has 3 aromatic carbocycles. The van der Waals surface area contributed by atoms with E-state index in [4.69, 9.17) is 11.6 Å². The van der Waals surface area contributed by atoms with E-state index in [1.54, 1.807) is 4.90 Å². The minimum Gasteiger partial charge on any atom is -0.352 e. The highest BCUT2D eigenvalue weighted by atomic mass is 35.5. The van der Waals surface area contributed by atoms with Crippen molar-refractivity contribution < 1.29 is 9.59 Å². The summed E-state index contributed by atoms with van der Waals surface area (Å²) in [7, 11) is 0. The smallest absolute Gasteiger partial charge is 0.243 e. The molecule has 1 N–H and O–H groups in total. The lowest BCUT2D eigenvalue weighted by Crippen LogP contribution is -2.52. The number of carbonyl (C=O) groups is 2. The van der Waals surface area contributed by atoms with E-state index >= 15 is 0 Å². The molecule has 182 valence electrons. The largest absolute Gasteiger partial charge is 0.352 e. The van der Waals surface area contributed by atoms with E-state index in [1.165, 1.54) is 0 Å². The van der Waals surface area contributed by atoms with Gasteiger partial charge in [-0.05, 0) is 48.6 Å². The lowest BCUT2D eigenvalue weighted by atomic mass is 10.0. The molecule has 3 aromatic rings. The molecule has 0 aliphatic heterocycles. The first-order valence-corrected chi connectivity index (χ1v) is 12.8. The molecule has 2 amide bonds. The fourth-order valence-electron chi connectivity index (χ4n) is 4.85. The van der Waals surface area contributed by atoms with Gasteiger partial charge in [0.25, 0.3) is 0 Å². The normalized spacial score (nSPS) is 14.5. The van der Waals surface area contributed by atoms with Gasteiger partial charge in [-0.1, -0.05) is 96.7 Å². The number of halogens is 1. The van der Waals surface area contributed by atoms with Crippen molar-refractivity contribution in [2.45, 2.75) is 64.1 Å². The molecule has 35 heavy (non-hydrogen) atoms. The molecule has 0 aromatic heterocycles. The monoisotopic (exact) mass is 488 g/mol. The highest BCUT2D eigenvalue weighted by Gasteiger charge is 2.32. The summed E-state index contributed by atoms with van der Waals surface area (Å²) in [6.07, 6.45) is 4.95. The van der Waals surface area contributed by atoms with Crippen molar-refractivity contribution in [3.63, 3.8) is 0 Å². The van der Waals surface area contributed by atoms with E-state index < -0.39 is 6.04 Å². The highest BCUT2D eigenvalue weighted by molar-refractivity contribution is 6.30. The van der Waals surface area contributed by atoms with Crippen molar-refractivity contribution in [3.8, 4) is 0 Å². The summed E-state index contributed by atoms with van der Waals surface area (Å²) in [4.78, 5) is 29.2. The predicted molar refractivity (Wildman–Crippen MR) is 141 cm³/mol. The third-order valence-corrected chi connectivity index (χ3v) is 6.89. The molecule has 1 atom stereocenters. The van der Waals surface area contributed by atoms with Crippen LogP contribution in [0.2, 0.25) is 5.02 Å². The Morgan fingerprint density at radius 3 is 2.31 bits per heavy atom. The van der Waals surface area contributed by atoms with Crippen LogP contribution in [0.4, 0.5) is 0 Å². The predicted octanol–water partition coefficient (Wildman–Crippen LogP) is 5.89. The minimum absolute atomic E-state index is 0.0712. The molecule has 1 aliphatic rings. The van der Waals surface area contributed by atoms with Gasteiger partial charge >= 0.3 is 0 Å². The maximum Gasteiger partial charge on any atom is 0.243 e. The fourth-order valence-corrected chi connectivity index (χ4v) is 5.06. The molecule has 0 radical (unpaired) electrons. The summed E-state index contributed by atoms with van der Waals surface area (Å²) >= 11 is 6.26. The minimum atomic E-state index is -0.616. The lowest BCUT2D eigenvalue weighted by Gasteiger charge is -2.32. The van der Waals surface area contributed by atoms with E-state index in [1.807, 2.05) is 85.8 Å². The highest BCUT2D eigenvalue weighted by Crippen LogP contribution is 2.21. The zero-order valence-electron chi connectivity index (χ0n) is 20.3. The molecule has 4 nitrogen and oxygen atoms in total. The lowest BCUT2D eigenvalue weighted by molar-refractivity contribution is -0.141. The van der Waals surface area contributed by atoms with Crippen LogP contribution in [0.1, 0.15) is 47.9 Å². The molecule has 1 unspecified atom stereocenters. The van der Waals surface area contributed by atoms with Crippen molar-refractivity contribution in [3.05, 3.63) is 106 Å². The van der Waals surface area contributed by atoms with Gasteiger partial charge in [0, 0.05) is 24.0 Å². The van der Waals surface area contributed by atoms with Gasteiger partial charge < -0.3 is 10.2 Å². The topological polar surface area (TPSA) is 49.4 Å². The summed E-state index contributed by atoms with van der Waals surface area (Å²) in [5.41, 5.74) is 3.98. The van der Waals surface area contributed by atoms with Gasteiger partial charge in [0.2, 0.25) is 11.8 Å². The van der Waals surface area contributed by atoms with E-state index in [0.29, 0.717) is 18.0 Å². The standard InChI is InChI=1S/C30H33ClN2O2/c1-22-9-7-12-24(17-22)20-29(34)33(21-25-13-8-14-26(31)18-25)28(19-23-10-3-2-4-11-23)30(35)32-27-15-5-6-16-27/h2-4,7-14,17-18,27-28H,5-6,15-16,19-21H2,1H3,(H,32,35). The zero-order valence-corrected chi connectivity index (χ0v) is 21.0. The Kier molecular flexibility index (Phi) is 8.59. The van der Waals surface area contributed by atoms with Gasteiger partial charge in [-0.15, -0.1) is 0 Å². The van der Waals surface area contributed by atoms with Gasteiger partial charge in [0.05, 0.1) is 6.42 Å². The Morgan fingerprint density at radius 1 is 0.914 bits per heavy atom. The van der Waals surface area contributed by atoms with Crippen molar-refractivity contribution in [2.24, 2.45) is 0 Å². The number of benzene rings is 3.